The molecule has 0 saturated heterocycles. The smallest absolute Gasteiger partial charge is 0.329 e. The minimum absolute atomic E-state index is 0.0255. The third-order valence-electron chi connectivity index (χ3n) is 2.48. The van der Waals surface area contributed by atoms with Crippen molar-refractivity contribution in [2.24, 2.45) is 0 Å². The molecule has 1 heterocycles. The van der Waals surface area contributed by atoms with Gasteiger partial charge in [0.05, 0.1) is 5.56 Å². The Morgan fingerprint density at radius 2 is 2.15 bits per heavy atom. The first-order valence-electron chi connectivity index (χ1n) is 5.91. The second-order valence-electron chi connectivity index (χ2n) is 4.19. The van der Waals surface area contributed by atoms with Gasteiger partial charge in [0.2, 0.25) is 0 Å². The van der Waals surface area contributed by atoms with Gasteiger partial charge in [-0.15, -0.1) is 0 Å². The number of alkyl halides is 3. The van der Waals surface area contributed by atoms with Crippen molar-refractivity contribution in [2.45, 2.75) is 25.9 Å². The first-order chi connectivity index (χ1) is 9.24. The van der Waals surface area contributed by atoms with Crippen LogP contribution in [0.1, 0.15) is 30.1 Å². The molecule has 1 aromatic heterocycles. The highest BCUT2D eigenvalue weighted by Gasteiger charge is 2.33. The summed E-state index contributed by atoms with van der Waals surface area (Å²) in [6.45, 7) is 0.566. The van der Waals surface area contributed by atoms with Crippen LogP contribution in [0.15, 0.2) is 16.7 Å². The van der Waals surface area contributed by atoms with Crippen LogP contribution in [0.5, 0.6) is 0 Å². The number of pyridine rings is 1. The molecule has 0 unspecified atom stereocenters. The molecule has 1 aromatic rings. The summed E-state index contributed by atoms with van der Waals surface area (Å²) in [5.74, 6) is -0.769. The van der Waals surface area contributed by atoms with Crippen molar-refractivity contribution in [1.82, 2.24) is 9.88 Å². The number of nitrogens with zero attached hydrogens (tertiary/aromatic N) is 2. The Morgan fingerprint density at radius 3 is 2.70 bits per heavy atom. The third kappa shape index (κ3) is 5.28. The zero-order chi connectivity index (χ0) is 15.3. The summed E-state index contributed by atoms with van der Waals surface area (Å²) in [6, 6.07) is 1.37. The van der Waals surface area contributed by atoms with Gasteiger partial charge in [-0.25, -0.2) is 4.98 Å². The van der Waals surface area contributed by atoms with Gasteiger partial charge in [0, 0.05) is 17.2 Å². The molecule has 0 aliphatic heterocycles. The molecule has 20 heavy (non-hydrogen) atoms. The Labute approximate surface area is 128 Å². The van der Waals surface area contributed by atoms with Crippen molar-refractivity contribution in [3.05, 3.63) is 27.5 Å². The number of amides is 1. The molecule has 0 spiro atoms. The lowest BCUT2D eigenvalue weighted by atomic mass is 10.2. The van der Waals surface area contributed by atoms with E-state index >= 15 is 0 Å². The summed E-state index contributed by atoms with van der Waals surface area (Å²) in [7, 11) is 0. The average Bonchev–Trinajstić information content (AvgIpc) is 2.35. The molecule has 1 rings (SSSR count). The van der Waals surface area contributed by atoms with Gasteiger partial charge in [-0.2, -0.15) is 13.2 Å². The molecule has 0 saturated carbocycles. The monoisotopic (exact) mass is 372 g/mol. The van der Waals surface area contributed by atoms with Crippen LogP contribution in [-0.2, 0) is 0 Å². The Kier molecular flexibility index (Phi) is 6.26. The van der Waals surface area contributed by atoms with Crippen LogP contribution in [0.2, 0.25) is 5.15 Å². The van der Waals surface area contributed by atoms with Crippen molar-refractivity contribution in [3.63, 3.8) is 0 Å². The molecule has 112 valence electrons. The molecule has 0 atom stereocenters. The van der Waals surface area contributed by atoms with Gasteiger partial charge in [-0.3, -0.25) is 4.79 Å². The van der Waals surface area contributed by atoms with E-state index in [0.717, 1.165) is 4.90 Å². The molecular weight excluding hydrogens is 360 g/mol. The van der Waals surface area contributed by atoms with Crippen molar-refractivity contribution >= 4 is 33.4 Å². The van der Waals surface area contributed by atoms with Crippen LogP contribution in [0.4, 0.5) is 13.2 Å². The van der Waals surface area contributed by atoms with Gasteiger partial charge < -0.3 is 4.90 Å². The summed E-state index contributed by atoms with van der Waals surface area (Å²) in [5, 5.41) is -0.109. The van der Waals surface area contributed by atoms with Crippen LogP contribution >= 0.6 is 27.5 Å². The number of carbonyl (C=O) groups is 1. The zero-order valence-corrected chi connectivity index (χ0v) is 13.0. The molecule has 0 bridgehead atoms. The van der Waals surface area contributed by atoms with E-state index in [1.54, 1.807) is 0 Å². The number of carbonyl (C=O) groups excluding carboxylic acids is 1. The summed E-state index contributed by atoms with van der Waals surface area (Å²) in [5.41, 5.74) is -0.0404. The molecule has 0 radical (unpaired) electrons. The van der Waals surface area contributed by atoms with Gasteiger partial charge >= 0.3 is 6.18 Å². The summed E-state index contributed by atoms with van der Waals surface area (Å²) in [4.78, 5) is 16.7. The van der Waals surface area contributed by atoms with Gasteiger partial charge in [0.15, 0.2) is 0 Å². The number of hydrogen-bond donors (Lipinski definition) is 0. The van der Waals surface area contributed by atoms with Crippen molar-refractivity contribution in [3.8, 4) is 0 Å². The Balaban J connectivity index is 2.99. The third-order valence-corrected chi connectivity index (χ3v) is 3.21. The highest BCUT2D eigenvalue weighted by Crippen LogP contribution is 2.23. The van der Waals surface area contributed by atoms with Crippen LogP contribution in [-0.4, -0.2) is 35.1 Å². The molecule has 8 heteroatoms. The molecule has 0 fully saturated rings. The molecule has 0 N–H and O–H groups in total. The SMILES string of the molecule is CCCCN(CC(F)(F)F)C(=O)c1cc(Br)cnc1Cl. The Morgan fingerprint density at radius 1 is 1.50 bits per heavy atom. The second kappa shape index (κ2) is 7.26. The minimum atomic E-state index is -4.45. The second-order valence-corrected chi connectivity index (χ2v) is 5.46. The van der Waals surface area contributed by atoms with Gasteiger partial charge in [0.25, 0.3) is 5.91 Å². The van der Waals surface area contributed by atoms with Gasteiger partial charge in [0.1, 0.15) is 11.7 Å². The van der Waals surface area contributed by atoms with Gasteiger partial charge in [-0.05, 0) is 28.4 Å². The Bertz CT molecular complexity index is 482. The van der Waals surface area contributed by atoms with Crippen LogP contribution in [0.3, 0.4) is 0 Å². The molecule has 1 amide bonds. The van der Waals surface area contributed by atoms with E-state index in [9.17, 15) is 18.0 Å². The average molecular weight is 374 g/mol. The van der Waals surface area contributed by atoms with E-state index in [-0.39, 0.29) is 17.3 Å². The first-order valence-corrected chi connectivity index (χ1v) is 7.08. The quantitative estimate of drug-likeness (QED) is 0.721. The summed E-state index contributed by atoms with van der Waals surface area (Å²) in [6.07, 6.45) is -1.90. The lowest BCUT2D eigenvalue weighted by Crippen LogP contribution is -2.39. The van der Waals surface area contributed by atoms with Crippen LogP contribution in [0, 0.1) is 0 Å². The van der Waals surface area contributed by atoms with E-state index in [1.165, 1.54) is 12.3 Å². The lowest BCUT2D eigenvalue weighted by Gasteiger charge is -2.24. The van der Waals surface area contributed by atoms with E-state index in [4.69, 9.17) is 11.6 Å². The maximum Gasteiger partial charge on any atom is 0.406 e. The number of unbranched alkanes of at least 4 members (excludes halogenated alkanes) is 1. The van der Waals surface area contributed by atoms with Crippen LogP contribution < -0.4 is 0 Å². The molecule has 0 aliphatic rings. The van der Waals surface area contributed by atoms with E-state index in [1.807, 2.05) is 6.92 Å². The molecule has 0 aromatic carbocycles. The fourth-order valence-electron chi connectivity index (χ4n) is 1.56. The van der Waals surface area contributed by atoms with E-state index < -0.39 is 18.6 Å². The fourth-order valence-corrected chi connectivity index (χ4v) is 2.08. The highest BCUT2D eigenvalue weighted by molar-refractivity contribution is 9.10. The number of rotatable bonds is 5. The van der Waals surface area contributed by atoms with E-state index in [0.29, 0.717) is 17.3 Å². The van der Waals surface area contributed by atoms with Crippen LogP contribution in [0.25, 0.3) is 0 Å². The summed E-state index contributed by atoms with van der Waals surface area (Å²) >= 11 is 8.89. The summed E-state index contributed by atoms with van der Waals surface area (Å²) < 4.78 is 38.1. The lowest BCUT2D eigenvalue weighted by molar-refractivity contribution is -0.140. The zero-order valence-electron chi connectivity index (χ0n) is 10.7. The topological polar surface area (TPSA) is 33.2 Å². The highest BCUT2D eigenvalue weighted by atomic mass is 79.9. The largest absolute Gasteiger partial charge is 0.406 e. The maximum absolute atomic E-state index is 12.5. The molecule has 3 nitrogen and oxygen atoms in total. The minimum Gasteiger partial charge on any atom is -0.329 e. The van der Waals surface area contributed by atoms with Gasteiger partial charge in [-0.1, -0.05) is 24.9 Å². The van der Waals surface area contributed by atoms with Crippen molar-refractivity contribution < 1.29 is 18.0 Å². The standard InChI is InChI=1S/C12H13BrClF3N2O/c1-2-3-4-19(7-12(15,16)17)11(20)9-5-8(13)6-18-10(9)14/h5-6H,2-4,7H2,1H3. The molecule has 0 aliphatic carbocycles. The normalized spacial score (nSPS) is 11.5. The Hall–Kier alpha value is -0.820. The van der Waals surface area contributed by atoms with E-state index in [2.05, 4.69) is 20.9 Å². The molecular formula is C12H13BrClF3N2O. The van der Waals surface area contributed by atoms with Crippen molar-refractivity contribution in [2.75, 3.05) is 13.1 Å². The fraction of sp³-hybridized carbons (Fsp3) is 0.500. The maximum atomic E-state index is 12.5. The number of aromatic nitrogens is 1. The number of halogens is 5. The predicted octanol–water partition coefficient (Wildman–Crippen LogP) is 4.30. The predicted molar refractivity (Wildman–Crippen MR) is 73.8 cm³/mol. The first kappa shape index (κ1) is 17.2. The van der Waals surface area contributed by atoms with Crippen molar-refractivity contribution in [1.29, 1.82) is 0 Å². The number of hydrogen-bond acceptors (Lipinski definition) is 2.